The van der Waals surface area contributed by atoms with Crippen molar-refractivity contribution in [2.45, 2.75) is 6.18 Å². The van der Waals surface area contributed by atoms with Gasteiger partial charge in [-0.3, -0.25) is 0 Å². The SMILES string of the molecule is FC(F)(F)c1cccc(-c2ncnc3ccc(Cl)nc23)c1. The summed E-state index contributed by atoms with van der Waals surface area (Å²) in [5, 5.41) is 0.227. The summed E-state index contributed by atoms with van der Waals surface area (Å²) in [6.45, 7) is 0. The van der Waals surface area contributed by atoms with E-state index in [1.54, 1.807) is 18.2 Å². The monoisotopic (exact) mass is 309 g/mol. The summed E-state index contributed by atoms with van der Waals surface area (Å²) >= 11 is 5.84. The molecule has 2 aromatic heterocycles. The third-order valence-corrected chi connectivity index (χ3v) is 3.12. The summed E-state index contributed by atoms with van der Waals surface area (Å²) in [4.78, 5) is 12.2. The summed E-state index contributed by atoms with van der Waals surface area (Å²) in [5.41, 5.74) is 0.764. The molecule has 3 nitrogen and oxygen atoms in total. The van der Waals surface area contributed by atoms with E-state index in [2.05, 4.69) is 15.0 Å². The lowest BCUT2D eigenvalue weighted by Gasteiger charge is -2.09. The normalized spacial score (nSPS) is 11.8. The van der Waals surface area contributed by atoms with Crippen molar-refractivity contribution in [2.75, 3.05) is 0 Å². The second kappa shape index (κ2) is 4.96. The highest BCUT2D eigenvalue weighted by Crippen LogP contribution is 2.33. The molecular weight excluding hydrogens is 303 g/mol. The Morgan fingerprint density at radius 2 is 1.81 bits per heavy atom. The maximum absolute atomic E-state index is 12.8. The minimum absolute atomic E-state index is 0.227. The number of hydrogen-bond acceptors (Lipinski definition) is 3. The second-order valence-corrected chi connectivity index (χ2v) is 4.69. The van der Waals surface area contributed by atoms with Crippen LogP contribution in [0.4, 0.5) is 13.2 Å². The van der Waals surface area contributed by atoms with Crippen LogP contribution < -0.4 is 0 Å². The van der Waals surface area contributed by atoms with Crippen LogP contribution in [0.15, 0.2) is 42.7 Å². The third-order valence-electron chi connectivity index (χ3n) is 2.91. The zero-order valence-corrected chi connectivity index (χ0v) is 11.2. The van der Waals surface area contributed by atoms with Crippen molar-refractivity contribution in [1.82, 2.24) is 15.0 Å². The van der Waals surface area contributed by atoms with Gasteiger partial charge in [0.25, 0.3) is 0 Å². The number of benzene rings is 1. The molecule has 0 aliphatic rings. The number of pyridine rings is 1. The number of rotatable bonds is 1. The molecule has 0 spiro atoms. The van der Waals surface area contributed by atoms with Gasteiger partial charge in [0.05, 0.1) is 16.8 Å². The fourth-order valence-corrected chi connectivity index (χ4v) is 2.12. The highest BCUT2D eigenvalue weighted by atomic mass is 35.5. The van der Waals surface area contributed by atoms with Crippen molar-refractivity contribution < 1.29 is 13.2 Å². The van der Waals surface area contributed by atoms with Gasteiger partial charge in [-0.2, -0.15) is 13.2 Å². The Morgan fingerprint density at radius 1 is 1.00 bits per heavy atom. The van der Waals surface area contributed by atoms with Gasteiger partial charge in [0.15, 0.2) is 0 Å². The van der Waals surface area contributed by atoms with Crippen LogP contribution in [0.3, 0.4) is 0 Å². The van der Waals surface area contributed by atoms with E-state index >= 15 is 0 Å². The van der Waals surface area contributed by atoms with E-state index in [1.807, 2.05) is 0 Å². The Balaban J connectivity index is 2.23. The molecule has 21 heavy (non-hydrogen) atoms. The molecule has 0 fully saturated rings. The van der Waals surface area contributed by atoms with Gasteiger partial charge in [-0.05, 0) is 24.3 Å². The first-order valence-corrected chi connectivity index (χ1v) is 6.28. The van der Waals surface area contributed by atoms with Crippen LogP contribution in [0.1, 0.15) is 5.56 Å². The summed E-state index contributed by atoms with van der Waals surface area (Å²) < 4.78 is 38.4. The number of alkyl halides is 3. The lowest BCUT2D eigenvalue weighted by molar-refractivity contribution is -0.137. The van der Waals surface area contributed by atoms with Crippen molar-refractivity contribution >= 4 is 22.6 Å². The van der Waals surface area contributed by atoms with Crippen LogP contribution in [-0.2, 0) is 6.18 Å². The van der Waals surface area contributed by atoms with Gasteiger partial charge >= 0.3 is 6.18 Å². The van der Waals surface area contributed by atoms with Crippen molar-refractivity contribution in [3.63, 3.8) is 0 Å². The van der Waals surface area contributed by atoms with Crippen LogP contribution in [0.25, 0.3) is 22.3 Å². The first kappa shape index (κ1) is 13.8. The number of hydrogen-bond donors (Lipinski definition) is 0. The minimum Gasteiger partial charge on any atom is -0.235 e. The van der Waals surface area contributed by atoms with Gasteiger partial charge in [0.2, 0.25) is 0 Å². The topological polar surface area (TPSA) is 38.7 Å². The standard InChI is InChI=1S/C14H7ClF3N3/c15-11-5-4-10-13(21-11)12(20-7-19-10)8-2-1-3-9(6-8)14(16,17)18/h1-7H. The molecule has 0 N–H and O–H groups in total. The number of aromatic nitrogens is 3. The number of halogens is 4. The highest BCUT2D eigenvalue weighted by molar-refractivity contribution is 6.29. The second-order valence-electron chi connectivity index (χ2n) is 4.30. The molecule has 0 aliphatic heterocycles. The van der Waals surface area contributed by atoms with E-state index in [0.717, 1.165) is 12.1 Å². The fraction of sp³-hybridized carbons (Fsp3) is 0.0714. The van der Waals surface area contributed by atoms with Gasteiger partial charge in [-0.25, -0.2) is 15.0 Å². The zero-order chi connectivity index (χ0) is 15.0. The van der Waals surface area contributed by atoms with Gasteiger partial charge in [0, 0.05) is 5.56 Å². The molecule has 7 heteroatoms. The Labute approximate surface area is 122 Å². The molecule has 0 bridgehead atoms. The fourth-order valence-electron chi connectivity index (χ4n) is 1.97. The smallest absolute Gasteiger partial charge is 0.235 e. The number of fused-ring (bicyclic) bond motifs is 1. The zero-order valence-electron chi connectivity index (χ0n) is 10.4. The van der Waals surface area contributed by atoms with E-state index in [4.69, 9.17) is 11.6 Å². The maximum atomic E-state index is 12.8. The largest absolute Gasteiger partial charge is 0.416 e. The van der Waals surface area contributed by atoms with E-state index in [0.29, 0.717) is 22.3 Å². The van der Waals surface area contributed by atoms with Gasteiger partial charge in [-0.1, -0.05) is 23.7 Å². The van der Waals surface area contributed by atoms with Gasteiger partial charge in [-0.15, -0.1) is 0 Å². The predicted molar refractivity (Wildman–Crippen MR) is 72.8 cm³/mol. The Bertz CT molecular complexity index is 818. The molecule has 0 amide bonds. The Hall–Kier alpha value is -2.21. The molecule has 0 radical (unpaired) electrons. The summed E-state index contributed by atoms with van der Waals surface area (Å²) in [6, 6.07) is 8.12. The van der Waals surface area contributed by atoms with Crippen LogP contribution in [0, 0.1) is 0 Å². The van der Waals surface area contributed by atoms with Crippen molar-refractivity contribution in [3.05, 3.63) is 53.4 Å². The van der Waals surface area contributed by atoms with Crippen LogP contribution in [0.5, 0.6) is 0 Å². The third kappa shape index (κ3) is 2.67. The predicted octanol–water partition coefficient (Wildman–Crippen LogP) is 4.36. The minimum atomic E-state index is -4.41. The summed E-state index contributed by atoms with van der Waals surface area (Å²) in [6.07, 6.45) is -3.13. The van der Waals surface area contributed by atoms with E-state index in [1.165, 1.54) is 12.4 Å². The highest BCUT2D eigenvalue weighted by Gasteiger charge is 2.30. The average Bonchev–Trinajstić information content (AvgIpc) is 2.46. The summed E-state index contributed by atoms with van der Waals surface area (Å²) in [5.74, 6) is 0. The quantitative estimate of drug-likeness (QED) is 0.627. The van der Waals surface area contributed by atoms with Crippen molar-refractivity contribution in [2.24, 2.45) is 0 Å². The van der Waals surface area contributed by atoms with Gasteiger partial charge in [0.1, 0.15) is 17.0 Å². The summed E-state index contributed by atoms with van der Waals surface area (Å²) in [7, 11) is 0. The molecule has 0 aliphatic carbocycles. The molecule has 0 saturated heterocycles. The number of nitrogens with zero attached hydrogens (tertiary/aromatic N) is 3. The van der Waals surface area contributed by atoms with Crippen LogP contribution in [-0.4, -0.2) is 15.0 Å². The molecular formula is C14H7ClF3N3. The van der Waals surface area contributed by atoms with Crippen LogP contribution in [0.2, 0.25) is 5.15 Å². The molecule has 1 aromatic carbocycles. The van der Waals surface area contributed by atoms with Crippen molar-refractivity contribution in [1.29, 1.82) is 0 Å². The molecule has 3 aromatic rings. The van der Waals surface area contributed by atoms with E-state index in [9.17, 15) is 13.2 Å². The first-order valence-electron chi connectivity index (χ1n) is 5.90. The van der Waals surface area contributed by atoms with Crippen LogP contribution >= 0.6 is 11.6 Å². The first-order chi connectivity index (χ1) is 9.95. The Kier molecular flexibility index (Phi) is 3.25. The van der Waals surface area contributed by atoms with E-state index in [-0.39, 0.29) is 5.15 Å². The molecule has 106 valence electrons. The van der Waals surface area contributed by atoms with E-state index < -0.39 is 11.7 Å². The molecule has 2 heterocycles. The molecule has 0 atom stereocenters. The molecule has 0 saturated carbocycles. The molecule has 3 rings (SSSR count). The Morgan fingerprint density at radius 3 is 2.57 bits per heavy atom. The van der Waals surface area contributed by atoms with Gasteiger partial charge < -0.3 is 0 Å². The van der Waals surface area contributed by atoms with Crippen molar-refractivity contribution in [3.8, 4) is 11.3 Å². The maximum Gasteiger partial charge on any atom is 0.416 e. The molecule has 0 unspecified atom stereocenters. The lowest BCUT2D eigenvalue weighted by atomic mass is 10.1. The average molecular weight is 310 g/mol. The lowest BCUT2D eigenvalue weighted by Crippen LogP contribution is -2.04.